The van der Waals surface area contributed by atoms with Crippen LogP contribution >= 0.6 is 0 Å². The van der Waals surface area contributed by atoms with Crippen LogP contribution in [0, 0.1) is 23.2 Å². The number of carbonyl (C=O) groups is 1. The molecule has 2 saturated carbocycles. The molecule has 0 heterocycles. The standard InChI is InChI=1S/C14H24N4O/c1-14(9-16,11-5-6-11)17-13(19)8-18(2)12(7-15)10-3-4-10/h10-12H,3-8,15H2,1-2H3,(H,17,19). The first-order chi connectivity index (χ1) is 9.00. The van der Waals surface area contributed by atoms with Gasteiger partial charge in [0.05, 0.1) is 12.6 Å². The van der Waals surface area contributed by atoms with Crippen molar-refractivity contribution < 1.29 is 4.79 Å². The number of carbonyl (C=O) groups excluding carboxylic acids is 1. The molecule has 0 aromatic carbocycles. The molecule has 2 aliphatic rings. The molecule has 0 aliphatic heterocycles. The number of nitrogens with zero attached hydrogens (tertiary/aromatic N) is 2. The Balaban J connectivity index is 1.84. The van der Waals surface area contributed by atoms with E-state index in [4.69, 9.17) is 5.73 Å². The molecule has 2 atom stereocenters. The summed E-state index contributed by atoms with van der Waals surface area (Å²) in [4.78, 5) is 14.1. The van der Waals surface area contributed by atoms with Crippen LogP contribution in [0.1, 0.15) is 32.6 Å². The van der Waals surface area contributed by atoms with Gasteiger partial charge in [0.1, 0.15) is 5.54 Å². The zero-order valence-electron chi connectivity index (χ0n) is 11.9. The summed E-state index contributed by atoms with van der Waals surface area (Å²) in [6.07, 6.45) is 4.50. The smallest absolute Gasteiger partial charge is 0.235 e. The van der Waals surface area contributed by atoms with E-state index in [0.29, 0.717) is 31.0 Å². The van der Waals surface area contributed by atoms with E-state index in [2.05, 4.69) is 11.4 Å². The quantitative estimate of drug-likeness (QED) is 0.700. The molecule has 0 spiro atoms. The van der Waals surface area contributed by atoms with Crippen molar-refractivity contribution in [3.05, 3.63) is 0 Å². The summed E-state index contributed by atoms with van der Waals surface area (Å²) in [6.45, 7) is 2.73. The predicted molar refractivity (Wildman–Crippen MR) is 73.1 cm³/mol. The number of hydrogen-bond acceptors (Lipinski definition) is 4. The zero-order chi connectivity index (χ0) is 14.0. The molecule has 1 amide bonds. The monoisotopic (exact) mass is 264 g/mol. The lowest BCUT2D eigenvalue weighted by molar-refractivity contribution is -0.123. The minimum atomic E-state index is -0.699. The predicted octanol–water partition coefficient (Wildman–Crippen LogP) is 0.464. The highest BCUT2D eigenvalue weighted by molar-refractivity contribution is 5.79. The maximum atomic E-state index is 12.1. The van der Waals surface area contributed by atoms with Crippen molar-refractivity contribution in [1.29, 1.82) is 5.26 Å². The molecule has 0 saturated heterocycles. The molecule has 0 bridgehead atoms. The van der Waals surface area contributed by atoms with Gasteiger partial charge in [-0.1, -0.05) is 0 Å². The second kappa shape index (κ2) is 5.48. The third kappa shape index (κ3) is 3.46. The number of amides is 1. The van der Waals surface area contributed by atoms with Gasteiger partial charge in [-0.3, -0.25) is 9.69 Å². The maximum Gasteiger partial charge on any atom is 0.235 e. The molecule has 2 fully saturated rings. The highest BCUT2D eigenvalue weighted by atomic mass is 16.2. The van der Waals surface area contributed by atoms with Crippen LogP contribution in [0.5, 0.6) is 0 Å². The minimum absolute atomic E-state index is 0.0717. The summed E-state index contributed by atoms with van der Waals surface area (Å²) >= 11 is 0. The third-order valence-electron chi connectivity index (χ3n) is 4.39. The number of nitrogens with one attached hydrogen (secondary N) is 1. The molecule has 19 heavy (non-hydrogen) atoms. The van der Waals surface area contributed by atoms with Crippen molar-refractivity contribution in [2.24, 2.45) is 17.6 Å². The van der Waals surface area contributed by atoms with E-state index in [-0.39, 0.29) is 5.91 Å². The Morgan fingerprint density at radius 2 is 2.16 bits per heavy atom. The van der Waals surface area contributed by atoms with E-state index in [1.807, 2.05) is 18.9 Å². The van der Waals surface area contributed by atoms with Crippen LogP contribution < -0.4 is 11.1 Å². The van der Waals surface area contributed by atoms with Crippen LogP contribution in [0.3, 0.4) is 0 Å². The van der Waals surface area contributed by atoms with Crippen LogP contribution in [0.2, 0.25) is 0 Å². The normalized spacial score (nSPS) is 23.5. The number of likely N-dealkylation sites (N-methyl/N-ethyl adjacent to an activating group) is 1. The van der Waals surface area contributed by atoms with Crippen LogP contribution in [0.15, 0.2) is 0 Å². The van der Waals surface area contributed by atoms with Gasteiger partial charge < -0.3 is 11.1 Å². The van der Waals surface area contributed by atoms with Gasteiger partial charge in [-0.15, -0.1) is 0 Å². The lowest BCUT2D eigenvalue weighted by Gasteiger charge is -2.29. The van der Waals surface area contributed by atoms with Crippen molar-refractivity contribution >= 4 is 5.91 Å². The summed E-state index contributed by atoms with van der Waals surface area (Å²) in [6, 6.07) is 2.54. The van der Waals surface area contributed by atoms with Gasteiger partial charge in [0.25, 0.3) is 0 Å². The van der Waals surface area contributed by atoms with Gasteiger partial charge in [-0.25, -0.2) is 0 Å². The average Bonchev–Trinajstić information content (AvgIpc) is 3.20. The molecule has 2 aliphatic carbocycles. The Labute approximate surface area is 115 Å². The topological polar surface area (TPSA) is 82.2 Å². The molecular formula is C14H24N4O. The summed E-state index contributed by atoms with van der Waals surface area (Å²) < 4.78 is 0. The zero-order valence-corrected chi connectivity index (χ0v) is 11.9. The molecule has 0 aromatic heterocycles. The largest absolute Gasteiger partial charge is 0.337 e. The first-order valence-corrected chi connectivity index (χ1v) is 7.12. The highest BCUT2D eigenvalue weighted by Crippen LogP contribution is 2.39. The van der Waals surface area contributed by atoms with Crippen molar-refractivity contribution in [3.63, 3.8) is 0 Å². The lowest BCUT2D eigenvalue weighted by atomic mass is 9.98. The molecule has 5 nitrogen and oxygen atoms in total. The fourth-order valence-electron chi connectivity index (χ4n) is 2.77. The molecular weight excluding hydrogens is 240 g/mol. The van der Waals surface area contributed by atoms with Crippen LogP contribution in [0.25, 0.3) is 0 Å². The van der Waals surface area contributed by atoms with Gasteiger partial charge in [0, 0.05) is 12.6 Å². The van der Waals surface area contributed by atoms with Gasteiger partial charge in [0.15, 0.2) is 0 Å². The fourth-order valence-corrected chi connectivity index (χ4v) is 2.77. The number of rotatable bonds is 7. The Hall–Kier alpha value is -1.12. The number of nitrogens with two attached hydrogens (primary N) is 1. The Morgan fingerprint density at radius 3 is 2.58 bits per heavy atom. The van der Waals surface area contributed by atoms with Crippen molar-refractivity contribution in [1.82, 2.24) is 10.2 Å². The first-order valence-electron chi connectivity index (χ1n) is 7.12. The van der Waals surface area contributed by atoms with Crippen LogP contribution in [-0.2, 0) is 4.79 Å². The maximum absolute atomic E-state index is 12.1. The Bertz CT molecular complexity index is 383. The molecule has 2 rings (SSSR count). The molecule has 5 heteroatoms. The lowest BCUT2D eigenvalue weighted by Crippen LogP contribution is -2.52. The second-order valence-electron chi connectivity index (χ2n) is 6.19. The third-order valence-corrected chi connectivity index (χ3v) is 4.39. The summed E-state index contributed by atoms with van der Waals surface area (Å²) in [5, 5.41) is 12.1. The van der Waals surface area contributed by atoms with Crippen LogP contribution in [-0.4, -0.2) is 42.5 Å². The molecule has 0 radical (unpaired) electrons. The van der Waals surface area contributed by atoms with E-state index in [1.165, 1.54) is 12.8 Å². The minimum Gasteiger partial charge on any atom is -0.337 e. The van der Waals surface area contributed by atoms with Crippen molar-refractivity contribution in [2.45, 2.75) is 44.2 Å². The first kappa shape index (κ1) is 14.3. The Morgan fingerprint density at radius 1 is 1.53 bits per heavy atom. The van der Waals surface area contributed by atoms with Gasteiger partial charge >= 0.3 is 0 Å². The molecule has 0 aromatic rings. The molecule has 3 N–H and O–H groups in total. The van der Waals surface area contributed by atoms with Crippen LogP contribution in [0.4, 0.5) is 0 Å². The van der Waals surface area contributed by atoms with E-state index in [1.54, 1.807) is 0 Å². The summed E-state index contributed by atoms with van der Waals surface area (Å²) in [7, 11) is 1.94. The van der Waals surface area contributed by atoms with Crippen molar-refractivity contribution in [2.75, 3.05) is 20.1 Å². The fraction of sp³-hybridized carbons (Fsp3) is 0.857. The summed E-state index contributed by atoms with van der Waals surface area (Å²) in [5.74, 6) is 0.895. The Kier molecular flexibility index (Phi) is 4.12. The number of hydrogen-bond donors (Lipinski definition) is 2. The summed E-state index contributed by atoms with van der Waals surface area (Å²) in [5.41, 5.74) is 5.08. The van der Waals surface area contributed by atoms with E-state index >= 15 is 0 Å². The van der Waals surface area contributed by atoms with E-state index < -0.39 is 5.54 Å². The average molecular weight is 264 g/mol. The highest BCUT2D eigenvalue weighted by Gasteiger charge is 2.43. The SMILES string of the molecule is CN(CC(=O)NC(C)(C#N)C1CC1)C(CN)C1CC1. The van der Waals surface area contributed by atoms with E-state index in [9.17, 15) is 10.1 Å². The molecule has 2 unspecified atom stereocenters. The van der Waals surface area contributed by atoms with Gasteiger partial charge in [-0.2, -0.15) is 5.26 Å². The number of nitriles is 1. The second-order valence-corrected chi connectivity index (χ2v) is 6.19. The van der Waals surface area contributed by atoms with Gasteiger partial charge in [-0.05, 0) is 51.5 Å². The van der Waals surface area contributed by atoms with Gasteiger partial charge in [0.2, 0.25) is 5.91 Å². The molecule has 106 valence electrons. The van der Waals surface area contributed by atoms with Crippen molar-refractivity contribution in [3.8, 4) is 6.07 Å². The van der Waals surface area contributed by atoms with E-state index in [0.717, 1.165) is 12.8 Å².